The first-order valence-corrected chi connectivity index (χ1v) is 4.90. The number of ether oxygens (including phenoxy) is 2. The van der Waals surface area contributed by atoms with Gasteiger partial charge in [0.2, 0.25) is 0 Å². The highest BCUT2D eigenvalue weighted by atomic mass is 16.5. The van der Waals surface area contributed by atoms with Gasteiger partial charge in [0.1, 0.15) is 0 Å². The summed E-state index contributed by atoms with van der Waals surface area (Å²) >= 11 is 0. The van der Waals surface area contributed by atoms with Gasteiger partial charge in [-0.3, -0.25) is 4.79 Å². The number of nitrogens with one attached hydrogen (secondary N) is 1. The Morgan fingerprint density at radius 3 is 2.44 bits per heavy atom. The predicted molar refractivity (Wildman–Crippen MR) is 61.5 cm³/mol. The van der Waals surface area contributed by atoms with Gasteiger partial charge in [-0.05, 0) is 24.6 Å². The lowest BCUT2D eigenvalue weighted by Gasteiger charge is -2.11. The van der Waals surface area contributed by atoms with Crippen LogP contribution in [-0.4, -0.2) is 25.5 Å². The molecular formula is C12H13NO3. The largest absolute Gasteiger partial charge is 0.493 e. The molecule has 0 saturated carbocycles. The molecule has 4 nitrogen and oxygen atoms in total. The van der Waals surface area contributed by atoms with Crippen molar-refractivity contribution in [3.05, 3.63) is 23.4 Å². The summed E-state index contributed by atoms with van der Waals surface area (Å²) in [6.07, 6.45) is 0.779. The van der Waals surface area contributed by atoms with E-state index in [1.54, 1.807) is 20.3 Å². The zero-order valence-corrected chi connectivity index (χ0v) is 9.46. The molecule has 1 N–H and O–H groups in total. The third-order valence-corrected chi connectivity index (χ3v) is 2.57. The first-order chi connectivity index (χ1) is 7.71. The van der Waals surface area contributed by atoms with Gasteiger partial charge in [0, 0.05) is 5.39 Å². The number of carbonyl (C=O) groups excluding carboxylic acids is 1. The Hall–Kier alpha value is -1.97. The number of benzene rings is 1. The van der Waals surface area contributed by atoms with Crippen molar-refractivity contribution in [2.75, 3.05) is 14.2 Å². The number of carbonyl (C=O) groups is 1. The third-order valence-electron chi connectivity index (χ3n) is 2.57. The van der Waals surface area contributed by atoms with E-state index in [-0.39, 0.29) is 0 Å². The summed E-state index contributed by atoms with van der Waals surface area (Å²) in [6, 6.07) is 3.69. The van der Waals surface area contributed by atoms with Gasteiger partial charge < -0.3 is 14.5 Å². The molecule has 16 heavy (non-hydrogen) atoms. The van der Waals surface area contributed by atoms with Crippen molar-refractivity contribution in [2.45, 2.75) is 6.92 Å². The molecule has 1 aromatic carbocycles. The van der Waals surface area contributed by atoms with Crippen LogP contribution in [0.3, 0.4) is 0 Å². The minimum atomic E-state index is 0.529. The van der Waals surface area contributed by atoms with E-state index in [2.05, 4.69) is 4.98 Å². The molecule has 0 spiro atoms. The predicted octanol–water partition coefficient (Wildman–Crippen LogP) is 2.31. The number of hydrogen-bond acceptors (Lipinski definition) is 3. The molecule has 2 rings (SSSR count). The number of methoxy groups -OCH3 is 2. The lowest BCUT2D eigenvalue weighted by molar-refractivity contribution is 0.112. The van der Waals surface area contributed by atoms with Crippen LogP contribution in [0.25, 0.3) is 10.9 Å². The maximum Gasteiger partial charge on any atom is 0.170 e. The first kappa shape index (κ1) is 10.5. The van der Waals surface area contributed by atoms with E-state index < -0.39 is 0 Å². The van der Waals surface area contributed by atoms with E-state index in [0.29, 0.717) is 17.2 Å². The highest BCUT2D eigenvalue weighted by molar-refractivity contribution is 5.94. The second kappa shape index (κ2) is 3.89. The van der Waals surface area contributed by atoms with Gasteiger partial charge in [0.15, 0.2) is 17.8 Å². The van der Waals surface area contributed by atoms with E-state index in [9.17, 15) is 4.79 Å². The molecule has 0 fully saturated rings. The summed E-state index contributed by atoms with van der Waals surface area (Å²) in [6.45, 7) is 1.93. The normalized spacial score (nSPS) is 10.4. The zero-order valence-electron chi connectivity index (χ0n) is 9.46. The Balaban J connectivity index is 2.82. The van der Waals surface area contributed by atoms with Gasteiger partial charge in [-0.1, -0.05) is 0 Å². The second-order valence-corrected chi connectivity index (χ2v) is 3.56. The minimum Gasteiger partial charge on any atom is -0.493 e. The van der Waals surface area contributed by atoms with Crippen LogP contribution in [0.2, 0.25) is 0 Å². The van der Waals surface area contributed by atoms with Gasteiger partial charge in [0.25, 0.3) is 0 Å². The van der Waals surface area contributed by atoms with Gasteiger partial charge in [-0.15, -0.1) is 0 Å². The molecule has 0 bridgehead atoms. The van der Waals surface area contributed by atoms with E-state index in [1.165, 1.54) is 0 Å². The van der Waals surface area contributed by atoms with Gasteiger partial charge in [0.05, 0.1) is 25.4 Å². The van der Waals surface area contributed by atoms with Crippen LogP contribution >= 0.6 is 0 Å². The molecule has 0 atom stereocenters. The summed E-state index contributed by atoms with van der Waals surface area (Å²) in [7, 11) is 3.19. The van der Waals surface area contributed by atoms with E-state index >= 15 is 0 Å². The fraction of sp³-hybridized carbons (Fsp3) is 0.250. The highest BCUT2D eigenvalue weighted by Gasteiger charge is 2.14. The van der Waals surface area contributed by atoms with Crippen molar-refractivity contribution in [3.8, 4) is 11.5 Å². The molecule has 0 unspecified atom stereocenters. The van der Waals surface area contributed by atoms with Crippen molar-refractivity contribution >= 4 is 17.2 Å². The summed E-state index contributed by atoms with van der Waals surface area (Å²) in [4.78, 5) is 13.7. The maximum absolute atomic E-state index is 10.7. The number of rotatable bonds is 3. The molecule has 2 aromatic rings. The first-order valence-electron chi connectivity index (χ1n) is 4.90. The zero-order chi connectivity index (χ0) is 11.7. The van der Waals surface area contributed by atoms with Crippen molar-refractivity contribution in [2.24, 2.45) is 0 Å². The molecule has 0 radical (unpaired) electrons. The summed E-state index contributed by atoms with van der Waals surface area (Å²) in [5.41, 5.74) is 2.37. The fourth-order valence-electron chi connectivity index (χ4n) is 1.90. The van der Waals surface area contributed by atoms with Crippen molar-refractivity contribution in [1.82, 2.24) is 4.98 Å². The van der Waals surface area contributed by atoms with Crippen molar-refractivity contribution in [3.63, 3.8) is 0 Å². The van der Waals surface area contributed by atoms with E-state index in [0.717, 1.165) is 22.8 Å². The lowest BCUT2D eigenvalue weighted by Crippen LogP contribution is -1.93. The average Bonchev–Trinajstić information content (AvgIpc) is 2.69. The summed E-state index contributed by atoms with van der Waals surface area (Å²) < 4.78 is 10.6. The van der Waals surface area contributed by atoms with Crippen LogP contribution in [0, 0.1) is 6.92 Å². The van der Waals surface area contributed by atoms with Crippen LogP contribution in [0.5, 0.6) is 11.5 Å². The molecule has 0 amide bonds. The summed E-state index contributed by atoms with van der Waals surface area (Å²) in [5.74, 6) is 1.35. The number of aryl methyl sites for hydroxylation is 1. The Labute approximate surface area is 93.2 Å². The average molecular weight is 219 g/mol. The van der Waals surface area contributed by atoms with Gasteiger partial charge in [-0.2, -0.15) is 0 Å². The SMILES string of the molecule is COc1c(C)cc2[nH]c(C=O)cc2c1OC. The molecule has 0 aliphatic heterocycles. The molecule has 0 aliphatic rings. The van der Waals surface area contributed by atoms with Crippen LogP contribution in [0.1, 0.15) is 16.1 Å². The van der Waals surface area contributed by atoms with E-state index in [1.807, 2.05) is 13.0 Å². The standard InChI is InChI=1S/C12H13NO3/c1-7-4-10-9(5-8(6-14)13-10)12(16-3)11(7)15-2/h4-6,13H,1-3H3. The summed E-state index contributed by atoms with van der Waals surface area (Å²) in [5, 5.41) is 0.854. The Bertz CT molecular complexity index is 543. The van der Waals surface area contributed by atoms with Crippen LogP contribution in [0.15, 0.2) is 12.1 Å². The lowest BCUT2D eigenvalue weighted by atomic mass is 10.1. The van der Waals surface area contributed by atoms with Gasteiger partial charge in [-0.25, -0.2) is 0 Å². The topological polar surface area (TPSA) is 51.3 Å². The second-order valence-electron chi connectivity index (χ2n) is 3.56. The van der Waals surface area contributed by atoms with Gasteiger partial charge >= 0.3 is 0 Å². The number of aromatic amines is 1. The molecule has 1 heterocycles. The van der Waals surface area contributed by atoms with Crippen LogP contribution in [-0.2, 0) is 0 Å². The number of H-pyrrole nitrogens is 1. The molecule has 4 heteroatoms. The highest BCUT2D eigenvalue weighted by Crippen LogP contribution is 2.38. The number of aldehydes is 1. The molecule has 0 aliphatic carbocycles. The fourth-order valence-corrected chi connectivity index (χ4v) is 1.90. The Morgan fingerprint density at radius 2 is 1.88 bits per heavy atom. The van der Waals surface area contributed by atoms with Crippen LogP contribution < -0.4 is 9.47 Å². The molecule has 84 valence electrons. The molecule has 1 aromatic heterocycles. The minimum absolute atomic E-state index is 0.529. The van der Waals surface area contributed by atoms with E-state index in [4.69, 9.17) is 9.47 Å². The van der Waals surface area contributed by atoms with Crippen molar-refractivity contribution < 1.29 is 14.3 Å². The maximum atomic E-state index is 10.7. The number of fused-ring (bicyclic) bond motifs is 1. The smallest absolute Gasteiger partial charge is 0.170 e. The quantitative estimate of drug-likeness (QED) is 0.806. The van der Waals surface area contributed by atoms with Crippen LogP contribution in [0.4, 0.5) is 0 Å². The number of aromatic nitrogens is 1. The monoisotopic (exact) mass is 219 g/mol. The molecular weight excluding hydrogens is 206 g/mol. The third kappa shape index (κ3) is 1.43. The van der Waals surface area contributed by atoms with Crippen molar-refractivity contribution in [1.29, 1.82) is 0 Å². The number of hydrogen-bond donors (Lipinski definition) is 1. The Morgan fingerprint density at radius 1 is 1.19 bits per heavy atom. The Kier molecular flexibility index (Phi) is 2.56. The molecule has 0 saturated heterocycles.